The van der Waals surface area contributed by atoms with E-state index in [1.54, 1.807) is 0 Å². The summed E-state index contributed by atoms with van der Waals surface area (Å²) in [5.41, 5.74) is 5.36. The van der Waals surface area contributed by atoms with E-state index < -0.39 is 20.8 Å². The van der Waals surface area contributed by atoms with Crippen LogP contribution >= 0.6 is 23.1 Å². The molecular formula is C5H3N5O3S3. The van der Waals surface area contributed by atoms with E-state index in [4.69, 9.17) is 5.73 Å². The Balaban J connectivity index is 2.11. The highest BCUT2D eigenvalue weighted by atomic mass is 32.2. The van der Waals surface area contributed by atoms with Crippen LogP contribution in [0.15, 0.2) is 20.6 Å². The molecule has 2 rings (SSSR count). The lowest BCUT2D eigenvalue weighted by molar-refractivity contribution is -0.411. The molecule has 84 valence electrons. The molecular weight excluding hydrogens is 274 g/mol. The summed E-state index contributed by atoms with van der Waals surface area (Å²) in [5, 5.41) is 17.5. The minimum Gasteiger partial charge on any atom is -0.374 e. The molecule has 2 heterocycles. The van der Waals surface area contributed by atoms with Gasteiger partial charge in [-0.05, 0) is 11.8 Å². The van der Waals surface area contributed by atoms with Crippen LogP contribution in [0.1, 0.15) is 0 Å². The number of nitrogens with zero attached hydrogens (tertiary/aromatic N) is 4. The van der Waals surface area contributed by atoms with Crippen molar-refractivity contribution in [2.75, 3.05) is 5.73 Å². The Kier molecular flexibility index (Phi) is 2.98. The Morgan fingerprint density at radius 2 is 2.31 bits per heavy atom. The zero-order valence-corrected chi connectivity index (χ0v) is 9.84. The predicted octanol–water partition coefficient (Wildman–Crippen LogP) is 0.406. The van der Waals surface area contributed by atoms with Crippen molar-refractivity contribution in [2.45, 2.75) is 4.34 Å². The average molecular weight is 277 g/mol. The lowest BCUT2D eigenvalue weighted by Crippen LogP contribution is -2.07. The van der Waals surface area contributed by atoms with Gasteiger partial charge in [0.1, 0.15) is 6.20 Å². The zero-order valence-electron chi connectivity index (χ0n) is 7.39. The third kappa shape index (κ3) is 2.10. The standard InChI is InChI=1S/C5H3N5O3S3/c6-3-8-9-4(14-3)15-5-7-1-2(10(11)12)16(5)13/h1H,(H2,6,8). The van der Waals surface area contributed by atoms with Crippen LogP contribution in [-0.4, -0.2) is 23.7 Å². The smallest absolute Gasteiger partial charge is 0.357 e. The predicted molar refractivity (Wildman–Crippen MR) is 60.8 cm³/mol. The van der Waals surface area contributed by atoms with Gasteiger partial charge in [0, 0.05) is 0 Å². The summed E-state index contributed by atoms with van der Waals surface area (Å²) in [7, 11) is -1.85. The SMILES string of the molecule is Nc1nnc(SC2=NC=C([N+](=O)[O-])S2=O)s1. The maximum Gasteiger partial charge on any atom is 0.357 e. The quantitative estimate of drug-likeness (QED) is 0.613. The molecule has 11 heteroatoms. The molecule has 16 heavy (non-hydrogen) atoms. The largest absolute Gasteiger partial charge is 0.374 e. The molecule has 0 aliphatic carbocycles. The van der Waals surface area contributed by atoms with Gasteiger partial charge in [-0.15, -0.1) is 10.2 Å². The van der Waals surface area contributed by atoms with Crippen molar-refractivity contribution in [3.8, 4) is 0 Å². The Bertz CT molecular complexity index is 535. The summed E-state index contributed by atoms with van der Waals surface area (Å²) in [6.45, 7) is 0. The minimum atomic E-state index is -1.85. The molecule has 0 saturated carbocycles. The summed E-state index contributed by atoms with van der Waals surface area (Å²) in [4.78, 5) is 13.4. The zero-order chi connectivity index (χ0) is 11.7. The first kappa shape index (κ1) is 11.2. The maximum atomic E-state index is 11.5. The molecule has 1 atom stereocenters. The summed E-state index contributed by atoms with van der Waals surface area (Å²) >= 11 is 2.06. The number of hydrogen-bond acceptors (Lipinski definition) is 9. The molecule has 1 aliphatic heterocycles. The first-order valence-corrected chi connectivity index (χ1v) is 6.47. The lowest BCUT2D eigenvalue weighted by Gasteiger charge is -1.93. The van der Waals surface area contributed by atoms with Gasteiger partial charge in [-0.1, -0.05) is 11.3 Å². The number of nitro groups is 1. The van der Waals surface area contributed by atoms with Crippen molar-refractivity contribution in [3.05, 3.63) is 21.3 Å². The van der Waals surface area contributed by atoms with Crippen LogP contribution in [-0.2, 0) is 10.8 Å². The van der Waals surface area contributed by atoms with E-state index in [-0.39, 0.29) is 9.51 Å². The topological polar surface area (TPSA) is 124 Å². The molecule has 1 aromatic heterocycles. The van der Waals surface area contributed by atoms with Crippen LogP contribution < -0.4 is 5.73 Å². The molecule has 2 N–H and O–H groups in total. The summed E-state index contributed by atoms with van der Waals surface area (Å²) in [6.07, 6.45) is 0.975. The van der Waals surface area contributed by atoms with Crippen molar-refractivity contribution >= 4 is 43.4 Å². The first-order valence-electron chi connectivity index (χ1n) is 3.69. The minimum absolute atomic E-state index is 0.114. The van der Waals surface area contributed by atoms with E-state index in [1.807, 2.05) is 0 Å². The van der Waals surface area contributed by atoms with Gasteiger partial charge in [-0.3, -0.25) is 10.1 Å². The van der Waals surface area contributed by atoms with Gasteiger partial charge in [0.05, 0.1) is 4.92 Å². The Labute approximate surface area is 99.3 Å². The van der Waals surface area contributed by atoms with E-state index in [2.05, 4.69) is 15.2 Å². The number of anilines is 1. The van der Waals surface area contributed by atoms with Crippen molar-refractivity contribution in [2.24, 2.45) is 4.99 Å². The van der Waals surface area contributed by atoms with Gasteiger partial charge in [0.15, 0.2) is 19.5 Å². The Hall–Kier alpha value is -1.33. The van der Waals surface area contributed by atoms with E-state index in [0.717, 1.165) is 29.3 Å². The fourth-order valence-electron chi connectivity index (χ4n) is 0.808. The van der Waals surface area contributed by atoms with Crippen molar-refractivity contribution in [3.63, 3.8) is 0 Å². The molecule has 1 unspecified atom stereocenters. The normalized spacial score (nSPS) is 19.4. The highest BCUT2D eigenvalue weighted by molar-refractivity contribution is 8.35. The van der Waals surface area contributed by atoms with Gasteiger partial charge >= 0.3 is 5.03 Å². The fraction of sp³-hybridized carbons (Fsp3) is 0. The number of rotatable bonds is 2. The molecule has 0 amide bonds. The number of nitrogens with two attached hydrogens (primary N) is 1. The molecule has 8 nitrogen and oxygen atoms in total. The van der Waals surface area contributed by atoms with Gasteiger partial charge in [-0.25, -0.2) is 9.20 Å². The third-order valence-corrected chi connectivity index (χ3v) is 4.75. The Morgan fingerprint density at radius 1 is 1.56 bits per heavy atom. The van der Waals surface area contributed by atoms with Gasteiger partial charge in [-0.2, -0.15) is 0 Å². The highest BCUT2D eigenvalue weighted by Gasteiger charge is 2.31. The lowest BCUT2D eigenvalue weighted by atomic mass is 10.9. The van der Waals surface area contributed by atoms with Crippen LogP contribution in [0.2, 0.25) is 0 Å². The number of thioether (sulfide) groups is 1. The van der Waals surface area contributed by atoms with E-state index in [0.29, 0.717) is 4.34 Å². The summed E-state index contributed by atoms with van der Waals surface area (Å²) < 4.78 is 12.1. The van der Waals surface area contributed by atoms with Crippen LogP contribution in [0.25, 0.3) is 0 Å². The molecule has 0 radical (unpaired) electrons. The molecule has 0 spiro atoms. The average Bonchev–Trinajstić information content (AvgIpc) is 2.76. The molecule has 1 aromatic rings. The van der Waals surface area contributed by atoms with Crippen molar-refractivity contribution in [1.29, 1.82) is 0 Å². The van der Waals surface area contributed by atoms with Gasteiger partial charge in [0.25, 0.3) is 0 Å². The van der Waals surface area contributed by atoms with E-state index in [9.17, 15) is 14.3 Å². The van der Waals surface area contributed by atoms with Gasteiger partial charge in [0.2, 0.25) is 5.13 Å². The van der Waals surface area contributed by atoms with Crippen LogP contribution in [0.4, 0.5) is 5.13 Å². The number of nitrogen functional groups attached to an aromatic ring is 1. The van der Waals surface area contributed by atoms with Crippen LogP contribution in [0.5, 0.6) is 0 Å². The molecule has 0 saturated heterocycles. The molecule has 0 aromatic carbocycles. The fourth-order valence-corrected chi connectivity index (χ4v) is 3.71. The van der Waals surface area contributed by atoms with E-state index >= 15 is 0 Å². The number of aromatic nitrogens is 2. The van der Waals surface area contributed by atoms with Crippen LogP contribution in [0, 0.1) is 10.1 Å². The second-order valence-electron chi connectivity index (χ2n) is 2.40. The summed E-state index contributed by atoms with van der Waals surface area (Å²) in [6, 6.07) is 0. The van der Waals surface area contributed by atoms with Crippen molar-refractivity contribution < 1.29 is 9.13 Å². The Morgan fingerprint density at radius 3 is 2.81 bits per heavy atom. The maximum absolute atomic E-state index is 11.5. The second kappa shape index (κ2) is 4.27. The number of aliphatic imine (C=N–C) groups is 1. The van der Waals surface area contributed by atoms with E-state index in [1.165, 1.54) is 0 Å². The van der Waals surface area contributed by atoms with Gasteiger partial charge < -0.3 is 5.73 Å². The molecule has 0 fully saturated rings. The van der Waals surface area contributed by atoms with Crippen molar-refractivity contribution in [1.82, 2.24) is 10.2 Å². The van der Waals surface area contributed by atoms with Crippen LogP contribution in [0.3, 0.4) is 0 Å². The highest BCUT2D eigenvalue weighted by Crippen LogP contribution is 2.30. The molecule has 1 aliphatic rings. The molecule has 0 bridgehead atoms. The first-order chi connectivity index (χ1) is 7.58. The third-order valence-electron chi connectivity index (χ3n) is 1.41. The number of hydrogen-bond donors (Lipinski definition) is 1. The second-order valence-corrected chi connectivity index (χ2v) is 6.24. The summed E-state index contributed by atoms with van der Waals surface area (Å²) in [5.74, 6) is 0. The monoisotopic (exact) mass is 277 g/mol.